The number of hydrogen-bond acceptors (Lipinski definition) is 12. The van der Waals surface area contributed by atoms with E-state index >= 15 is 0 Å². The van der Waals surface area contributed by atoms with E-state index < -0.39 is 5.97 Å². The highest BCUT2D eigenvalue weighted by molar-refractivity contribution is 5.69. The van der Waals surface area contributed by atoms with E-state index in [-0.39, 0.29) is 32.0 Å². The molecule has 0 fully saturated rings. The fourth-order valence-electron chi connectivity index (χ4n) is 3.32. The molecule has 256 valence electrons. The molecule has 13 heteroatoms. The van der Waals surface area contributed by atoms with E-state index in [9.17, 15) is 9.59 Å². The summed E-state index contributed by atoms with van der Waals surface area (Å²) in [4.78, 5) is 21.9. The third-order valence-corrected chi connectivity index (χ3v) is 5.63. The van der Waals surface area contributed by atoms with Gasteiger partial charge in [0.25, 0.3) is 0 Å². The highest BCUT2D eigenvalue weighted by atomic mass is 16.6. The number of aliphatic carboxylic acids is 1. The van der Waals surface area contributed by atoms with Crippen LogP contribution in [0.4, 0.5) is 0 Å². The van der Waals surface area contributed by atoms with Crippen molar-refractivity contribution in [2.45, 2.75) is 58.3 Å². The lowest BCUT2D eigenvalue weighted by atomic mass is 10.2. The van der Waals surface area contributed by atoms with Crippen molar-refractivity contribution in [3.63, 3.8) is 0 Å². The number of carbonyl (C=O) groups excluding carboxylic acids is 1. The van der Waals surface area contributed by atoms with E-state index in [0.29, 0.717) is 119 Å². The Morgan fingerprint density at radius 1 is 0.395 bits per heavy atom. The number of rotatable bonds is 37. The maximum atomic E-state index is 11.5. The lowest BCUT2D eigenvalue weighted by molar-refractivity contribution is -0.146. The van der Waals surface area contributed by atoms with Gasteiger partial charge < -0.3 is 52.5 Å². The lowest BCUT2D eigenvalue weighted by Crippen LogP contribution is -2.15. The SMILES string of the molecule is CCCCCCOCCOCCOCCOCCOCCOCCOCCOCCOCCOC(=O)CCCCC(=O)O. The lowest BCUT2D eigenvalue weighted by Gasteiger charge is -2.09. The summed E-state index contributed by atoms with van der Waals surface area (Å²) < 4.78 is 54.0. The third kappa shape index (κ3) is 38.6. The van der Waals surface area contributed by atoms with Crippen molar-refractivity contribution in [1.82, 2.24) is 0 Å². The number of carboxylic acids is 1. The van der Waals surface area contributed by atoms with Crippen LogP contribution in [0.15, 0.2) is 0 Å². The van der Waals surface area contributed by atoms with Crippen LogP contribution >= 0.6 is 0 Å². The van der Waals surface area contributed by atoms with Gasteiger partial charge in [-0.2, -0.15) is 0 Å². The molecule has 0 amide bonds. The Hall–Kier alpha value is -1.42. The molecule has 0 rings (SSSR count). The first-order chi connectivity index (χ1) is 21.2. The topological polar surface area (TPSA) is 147 Å². The molecular formula is C30H58O13. The first-order valence-electron chi connectivity index (χ1n) is 15.7. The summed E-state index contributed by atoms with van der Waals surface area (Å²) in [6.45, 7) is 11.5. The van der Waals surface area contributed by atoms with Gasteiger partial charge in [-0.1, -0.05) is 26.2 Å². The molecule has 0 heterocycles. The Balaban J connectivity index is 3.09. The summed E-state index contributed by atoms with van der Waals surface area (Å²) >= 11 is 0. The Bertz CT molecular complexity index is 580. The van der Waals surface area contributed by atoms with Crippen LogP contribution in [0, 0.1) is 0 Å². The molecule has 0 radical (unpaired) electrons. The van der Waals surface area contributed by atoms with Crippen molar-refractivity contribution in [2.75, 3.05) is 126 Å². The van der Waals surface area contributed by atoms with Crippen molar-refractivity contribution in [2.24, 2.45) is 0 Å². The first-order valence-corrected chi connectivity index (χ1v) is 15.7. The average Bonchev–Trinajstić information content (AvgIpc) is 2.99. The van der Waals surface area contributed by atoms with Crippen molar-refractivity contribution in [3.05, 3.63) is 0 Å². The summed E-state index contributed by atoms with van der Waals surface area (Å²) in [5.41, 5.74) is 0. The van der Waals surface area contributed by atoms with Crippen LogP contribution in [0.25, 0.3) is 0 Å². The Kier molecular flexibility index (Phi) is 35.6. The predicted octanol–water partition coefficient (Wildman–Crippen LogP) is 2.90. The second-order valence-electron chi connectivity index (χ2n) is 9.39. The van der Waals surface area contributed by atoms with Crippen LogP contribution in [0.1, 0.15) is 58.3 Å². The molecule has 0 aromatic heterocycles. The molecule has 0 saturated heterocycles. The molecular weight excluding hydrogens is 568 g/mol. The second kappa shape index (κ2) is 36.8. The quantitative estimate of drug-likeness (QED) is 0.0797. The van der Waals surface area contributed by atoms with Gasteiger partial charge in [0.05, 0.1) is 112 Å². The molecule has 1 N–H and O–H groups in total. The zero-order valence-corrected chi connectivity index (χ0v) is 26.4. The van der Waals surface area contributed by atoms with Crippen LogP contribution in [0.2, 0.25) is 0 Å². The van der Waals surface area contributed by atoms with Gasteiger partial charge in [-0.25, -0.2) is 0 Å². The maximum absolute atomic E-state index is 11.5. The van der Waals surface area contributed by atoms with E-state index in [0.717, 1.165) is 13.0 Å². The van der Waals surface area contributed by atoms with Crippen molar-refractivity contribution >= 4 is 11.9 Å². The van der Waals surface area contributed by atoms with Gasteiger partial charge in [0.2, 0.25) is 0 Å². The summed E-state index contributed by atoms with van der Waals surface area (Å²) in [5, 5.41) is 8.54. The van der Waals surface area contributed by atoms with E-state index in [4.69, 9.17) is 52.5 Å². The van der Waals surface area contributed by atoms with Gasteiger partial charge in [0.15, 0.2) is 0 Å². The first kappa shape index (κ1) is 41.6. The number of carbonyl (C=O) groups is 2. The highest BCUT2D eigenvalue weighted by Crippen LogP contribution is 2.01. The molecule has 13 nitrogen and oxygen atoms in total. The molecule has 0 aliphatic carbocycles. The molecule has 0 aromatic rings. The number of carboxylic acid groups (broad SMARTS) is 1. The van der Waals surface area contributed by atoms with E-state index in [1.807, 2.05) is 0 Å². The molecule has 0 atom stereocenters. The molecule has 0 unspecified atom stereocenters. The monoisotopic (exact) mass is 626 g/mol. The van der Waals surface area contributed by atoms with Crippen LogP contribution in [-0.4, -0.2) is 143 Å². The summed E-state index contributed by atoms with van der Waals surface area (Å²) in [5.74, 6) is -1.20. The van der Waals surface area contributed by atoms with Gasteiger partial charge in [-0.3, -0.25) is 9.59 Å². The van der Waals surface area contributed by atoms with Gasteiger partial charge in [-0.15, -0.1) is 0 Å². The number of hydrogen-bond donors (Lipinski definition) is 1. The largest absolute Gasteiger partial charge is 0.481 e. The minimum Gasteiger partial charge on any atom is -0.481 e. The van der Waals surface area contributed by atoms with Gasteiger partial charge in [0.1, 0.15) is 6.61 Å². The smallest absolute Gasteiger partial charge is 0.305 e. The van der Waals surface area contributed by atoms with Crippen LogP contribution < -0.4 is 0 Å². The van der Waals surface area contributed by atoms with Gasteiger partial charge in [0, 0.05) is 19.4 Å². The molecule has 0 bridgehead atoms. The third-order valence-electron chi connectivity index (χ3n) is 5.63. The minimum atomic E-state index is -0.860. The van der Waals surface area contributed by atoms with Crippen molar-refractivity contribution in [3.8, 4) is 0 Å². The normalized spacial score (nSPS) is 11.3. The molecule has 0 aromatic carbocycles. The van der Waals surface area contributed by atoms with Crippen molar-refractivity contribution in [1.29, 1.82) is 0 Å². The summed E-state index contributed by atoms with van der Waals surface area (Å²) in [6, 6.07) is 0. The molecule has 0 aliphatic rings. The van der Waals surface area contributed by atoms with E-state index in [1.54, 1.807) is 0 Å². The predicted molar refractivity (Wildman–Crippen MR) is 159 cm³/mol. The highest BCUT2D eigenvalue weighted by Gasteiger charge is 2.04. The van der Waals surface area contributed by atoms with Crippen LogP contribution in [0.3, 0.4) is 0 Å². The maximum Gasteiger partial charge on any atom is 0.305 e. The molecule has 0 saturated carbocycles. The minimum absolute atomic E-state index is 0.0634. The zero-order chi connectivity index (χ0) is 31.3. The van der Waals surface area contributed by atoms with E-state index in [2.05, 4.69) is 6.92 Å². The Morgan fingerprint density at radius 2 is 0.721 bits per heavy atom. The fourth-order valence-corrected chi connectivity index (χ4v) is 3.32. The second-order valence-corrected chi connectivity index (χ2v) is 9.39. The zero-order valence-electron chi connectivity index (χ0n) is 26.4. The molecule has 0 aliphatic heterocycles. The molecule has 43 heavy (non-hydrogen) atoms. The number of esters is 1. The number of unbranched alkanes of at least 4 members (excludes halogenated alkanes) is 4. The van der Waals surface area contributed by atoms with Crippen molar-refractivity contribution < 1.29 is 62.1 Å². The molecule has 0 spiro atoms. The Morgan fingerprint density at radius 3 is 1.07 bits per heavy atom. The van der Waals surface area contributed by atoms with Crippen LogP contribution in [-0.2, 0) is 57.0 Å². The summed E-state index contributed by atoms with van der Waals surface area (Å²) in [6.07, 6.45) is 6.12. The number of ether oxygens (including phenoxy) is 10. The van der Waals surface area contributed by atoms with Gasteiger partial charge in [-0.05, 0) is 19.3 Å². The standard InChI is InChI=1S/C30H58O13/c1-2-3-4-7-10-34-11-12-35-13-14-36-15-16-37-17-18-38-19-20-39-21-22-40-23-24-41-25-26-42-27-28-43-30(33)9-6-5-8-29(31)32/h2-28H2,1H3,(H,31,32). The van der Waals surface area contributed by atoms with Crippen LogP contribution in [0.5, 0.6) is 0 Å². The Labute approximate surface area is 258 Å². The van der Waals surface area contributed by atoms with Gasteiger partial charge >= 0.3 is 11.9 Å². The van der Waals surface area contributed by atoms with E-state index in [1.165, 1.54) is 19.3 Å². The fraction of sp³-hybridized carbons (Fsp3) is 0.933. The average molecular weight is 627 g/mol. The summed E-state index contributed by atoms with van der Waals surface area (Å²) in [7, 11) is 0.